The first-order chi connectivity index (χ1) is 13.3. The van der Waals surface area contributed by atoms with Crippen LogP contribution in [0.3, 0.4) is 0 Å². The Balaban J connectivity index is 2.21. The van der Waals surface area contributed by atoms with Crippen molar-refractivity contribution >= 4 is 34.6 Å². The van der Waals surface area contributed by atoms with E-state index in [0.717, 1.165) is 44.6 Å². The Kier molecular flexibility index (Phi) is 9.22. The van der Waals surface area contributed by atoms with Crippen molar-refractivity contribution < 1.29 is 9.13 Å². The second-order valence-electron chi connectivity index (χ2n) is 7.37. The molecule has 0 spiro atoms. The largest absolute Gasteiger partial charge is 0.384 e. The monoisotopic (exact) mass is 429 g/mol. The molecule has 2 unspecified atom stereocenters. The minimum absolute atomic E-state index is 0.0846. The zero-order valence-corrected chi connectivity index (χ0v) is 18.3. The molecule has 0 saturated carbocycles. The molecule has 1 aliphatic heterocycles. The van der Waals surface area contributed by atoms with E-state index in [1.54, 1.807) is 13.0 Å². The van der Waals surface area contributed by atoms with Crippen LogP contribution in [0.2, 0.25) is 5.02 Å². The second-order valence-corrected chi connectivity index (χ2v) is 8.19. The summed E-state index contributed by atoms with van der Waals surface area (Å²) in [7, 11) is 0. The summed E-state index contributed by atoms with van der Waals surface area (Å²) in [6.45, 7) is 8.20. The number of ether oxygens (including phenoxy) is 1. The fourth-order valence-electron chi connectivity index (χ4n) is 3.21. The van der Waals surface area contributed by atoms with Gasteiger partial charge < -0.3 is 15.8 Å². The van der Waals surface area contributed by atoms with Gasteiger partial charge >= 0.3 is 0 Å². The fraction of sp³-hybridized carbons (Fsp3) is 0.571. The molecule has 0 aromatic carbocycles. The van der Waals surface area contributed by atoms with Gasteiger partial charge in [-0.15, -0.1) is 0 Å². The lowest BCUT2D eigenvalue weighted by Gasteiger charge is -2.24. The summed E-state index contributed by atoms with van der Waals surface area (Å²) in [5.74, 6) is 0.641. The van der Waals surface area contributed by atoms with Crippen LogP contribution in [0.4, 0.5) is 10.2 Å². The number of hydrogen-bond donors (Lipinski definition) is 2. The standard InChI is InChI=1S/C21H30Cl2FN3O/c1-4-13(2)21(16-9-20(25)27-12-18(16)23)17(22)10-19(24)14(3)26-11-15-5-7-28-8-6-15/h9-10,12-15,26H,4-8,11H2,1-3H3,(H2,25,27). The van der Waals surface area contributed by atoms with Crippen molar-refractivity contribution in [3.05, 3.63) is 39.8 Å². The van der Waals surface area contributed by atoms with Crippen molar-refractivity contribution in [3.63, 3.8) is 0 Å². The lowest BCUT2D eigenvalue weighted by molar-refractivity contribution is 0.0657. The second kappa shape index (κ2) is 11.1. The summed E-state index contributed by atoms with van der Waals surface area (Å²) < 4.78 is 20.2. The molecule has 0 aliphatic carbocycles. The normalized spacial score (nSPS) is 19.3. The Morgan fingerprint density at radius 2 is 2.11 bits per heavy atom. The molecule has 28 heavy (non-hydrogen) atoms. The molecule has 2 rings (SSSR count). The Hall–Kier alpha value is -1.14. The number of rotatable bonds is 8. The number of halogens is 3. The third-order valence-corrected chi connectivity index (χ3v) is 5.87. The minimum Gasteiger partial charge on any atom is -0.384 e. The lowest BCUT2D eigenvalue weighted by atomic mass is 9.91. The third kappa shape index (κ3) is 6.45. The molecule has 1 fully saturated rings. The van der Waals surface area contributed by atoms with Crippen LogP contribution < -0.4 is 11.1 Å². The van der Waals surface area contributed by atoms with E-state index in [0.29, 0.717) is 27.4 Å². The summed E-state index contributed by atoms with van der Waals surface area (Å²) in [6.07, 6.45) is 5.73. The average molecular weight is 430 g/mol. The number of nitrogens with zero attached hydrogens (tertiary/aromatic N) is 1. The van der Waals surface area contributed by atoms with Crippen LogP contribution >= 0.6 is 23.2 Å². The van der Waals surface area contributed by atoms with E-state index < -0.39 is 6.04 Å². The molecule has 156 valence electrons. The number of hydrogen-bond acceptors (Lipinski definition) is 4. The predicted molar refractivity (Wildman–Crippen MR) is 116 cm³/mol. The van der Waals surface area contributed by atoms with Gasteiger partial charge in [0.2, 0.25) is 0 Å². The average Bonchev–Trinajstić information content (AvgIpc) is 2.69. The van der Waals surface area contributed by atoms with Gasteiger partial charge in [0, 0.05) is 30.0 Å². The summed E-state index contributed by atoms with van der Waals surface area (Å²) in [5.41, 5.74) is 7.29. The zero-order valence-electron chi connectivity index (χ0n) is 16.8. The quantitative estimate of drug-likeness (QED) is 0.530. The summed E-state index contributed by atoms with van der Waals surface area (Å²) in [5, 5.41) is 4.04. The van der Waals surface area contributed by atoms with E-state index in [4.69, 9.17) is 33.7 Å². The molecule has 1 saturated heterocycles. The van der Waals surface area contributed by atoms with Gasteiger partial charge in [-0.3, -0.25) is 0 Å². The number of aromatic nitrogens is 1. The highest BCUT2D eigenvalue weighted by atomic mass is 35.5. The van der Waals surface area contributed by atoms with E-state index in [1.807, 2.05) is 13.8 Å². The van der Waals surface area contributed by atoms with Gasteiger partial charge in [0.05, 0.1) is 11.1 Å². The SMILES string of the molecule is CCC(C)C(=C(Cl)C=C(F)C(C)NCC1CCOCC1)c1cc(N)ncc1Cl. The van der Waals surface area contributed by atoms with Gasteiger partial charge in [-0.25, -0.2) is 9.37 Å². The molecular weight excluding hydrogens is 400 g/mol. The zero-order chi connectivity index (χ0) is 20.7. The van der Waals surface area contributed by atoms with E-state index in [-0.39, 0.29) is 11.7 Å². The van der Waals surface area contributed by atoms with Crippen LogP contribution in [0.1, 0.15) is 45.6 Å². The van der Waals surface area contributed by atoms with Gasteiger partial charge in [0.1, 0.15) is 11.6 Å². The van der Waals surface area contributed by atoms with Crippen LogP contribution in [0.5, 0.6) is 0 Å². The molecule has 7 heteroatoms. The first-order valence-electron chi connectivity index (χ1n) is 9.82. The number of nitrogen functional groups attached to an aromatic ring is 1. The molecule has 4 nitrogen and oxygen atoms in total. The molecule has 1 aromatic rings. The number of anilines is 1. The molecule has 2 heterocycles. The first-order valence-corrected chi connectivity index (χ1v) is 10.6. The molecule has 0 amide bonds. The van der Waals surface area contributed by atoms with Gasteiger partial charge in [-0.2, -0.15) is 0 Å². The molecule has 0 radical (unpaired) electrons. The van der Waals surface area contributed by atoms with E-state index in [1.165, 1.54) is 12.3 Å². The summed E-state index contributed by atoms with van der Waals surface area (Å²) in [6, 6.07) is 1.26. The van der Waals surface area contributed by atoms with E-state index in [9.17, 15) is 4.39 Å². The molecule has 2 atom stereocenters. The number of nitrogens with two attached hydrogens (primary N) is 1. The molecular formula is C21H30Cl2FN3O. The minimum atomic E-state index is -0.423. The van der Waals surface area contributed by atoms with Gasteiger partial charge in [-0.1, -0.05) is 37.0 Å². The van der Waals surface area contributed by atoms with E-state index >= 15 is 0 Å². The van der Waals surface area contributed by atoms with E-state index in [2.05, 4.69) is 10.3 Å². The highest BCUT2D eigenvalue weighted by Crippen LogP contribution is 2.36. The van der Waals surface area contributed by atoms with Crippen molar-refractivity contribution in [3.8, 4) is 0 Å². The first kappa shape index (κ1) is 23.1. The number of nitrogens with one attached hydrogen (secondary N) is 1. The summed E-state index contributed by atoms with van der Waals surface area (Å²) in [4.78, 5) is 4.00. The van der Waals surface area contributed by atoms with Crippen LogP contribution in [0.15, 0.2) is 29.2 Å². The Morgan fingerprint density at radius 3 is 2.75 bits per heavy atom. The topological polar surface area (TPSA) is 60.2 Å². The predicted octanol–water partition coefficient (Wildman–Crippen LogP) is 5.57. The highest BCUT2D eigenvalue weighted by Gasteiger charge is 2.19. The van der Waals surface area contributed by atoms with Crippen LogP contribution in [-0.4, -0.2) is 30.8 Å². The lowest BCUT2D eigenvalue weighted by Crippen LogP contribution is -2.34. The molecule has 3 N–H and O–H groups in total. The molecule has 1 aliphatic rings. The van der Waals surface area contributed by atoms with Gasteiger partial charge in [-0.05, 0) is 62.3 Å². The van der Waals surface area contributed by atoms with Crippen molar-refractivity contribution in [2.45, 2.75) is 46.1 Å². The Morgan fingerprint density at radius 1 is 1.43 bits per heavy atom. The number of allylic oxidation sites excluding steroid dienone is 3. The highest BCUT2D eigenvalue weighted by molar-refractivity contribution is 6.36. The fourth-order valence-corrected chi connectivity index (χ4v) is 3.81. The van der Waals surface area contributed by atoms with Crippen LogP contribution in [-0.2, 0) is 4.74 Å². The molecule has 1 aromatic heterocycles. The third-order valence-electron chi connectivity index (χ3n) is 5.26. The van der Waals surface area contributed by atoms with Gasteiger partial charge in [0.15, 0.2) is 0 Å². The Labute approximate surface area is 177 Å². The van der Waals surface area contributed by atoms with Gasteiger partial charge in [0.25, 0.3) is 0 Å². The van der Waals surface area contributed by atoms with Crippen molar-refractivity contribution in [2.24, 2.45) is 11.8 Å². The summed E-state index contributed by atoms with van der Waals surface area (Å²) >= 11 is 12.9. The smallest absolute Gasteiger partial charge is 0.123 e. The maximum atomic E-state index is 14.8. The molecule has 0 bridgehead atoms. The van der Waals surface area contributed by atoms with Crippen LogP contribution in [0, 0.1) is 11.8 Å². The maximum Gasteiger partial charge on any atom is 0.123 e. The number of pyridine rings is 1. The van der Waals surface area contributed by atoms with Crippen molar-refractivity contribution in [1.29, 1.82) is 0 Å². The van der Waals surface area contributed by atoms with Crippen molar-refractivity contribution in [1.82, 2.24) is 10.3 Å². The van der Waals surface area contributed by atoms with Crippen molar-refractivity contribution in [2.75, 3.05) is 25.5 Å². The van der Waals surface area contributed by atoms with Crippen LogP contribution in [0.25, 0.3) is 5.57 Å². The Bertz CT molecular complexity index is 718. The maximum absolute atomic E-state index is 14.8.